The summed E-state index contributed by atoms with van der Waals surface area (Å²) in [7, 11) is 0. The largest absolute Gasteiger partial charge is 0.489 e. The quantitative estimate of drug-likeness (QED) is 0.675. The van der Waals surface area contributed by atoms with Crippen LogP contribution in [0, 0.1) is 0 Å². The summed E-state index contributed by atoms with van der Waals surface area (Å²) < 4.78 is 6.06. The molecule has 0 radical (unpaired) electrons. The normalized spacial score (nSPS) is 12.4. The van der Waals surface area contributed by atoms with Gasteiger partial charge in [-0.15, -0.1) is 0 Å². The Morgan fingerprint density at radius 2 is 1.68 bits per heavy atom. The Morgan fingerprint density at radius 3 is 2.43 bits per heavy atom. The minimum atomic E-state index is -0.199. The summed E-state index contributed by atoms with van der Waals surface area (Å²) in [4.78, 5) is 14.4. The Morgan fingerprint density at radius 1 is 0.964 bits per heavy atom. The molecule has 0 fully saturated rings. The van der Waals surface area contributed by atoms with E-state index in [1.807, 2.05) is 71.6 Å². The van der Waals surface area contributed by atoms with E-state index in [4.69, 9.17) is 17.0 Å². The van der Waals surface area contributed by atoms with Crippen molar-refractivity contribution in [3.05, 3.63) is 95.6 Å². The zero-order chi connectivity index (χ0) is 19.3. The molecular formula is C23H20N2O2S. The predicted molar refractivity (Wildman–Crippen MR) is 115 cm³/mol. The minimum absolute atomic E-state index is 0.199. The highest BCUT2D eigenvalue weighted by Gasteiger charge is 2.26. The van der Waals surface area contributed by atoms with Crippen LogP contribution in [0.2, 0.25) is 0 Å². The summed E-state index contributed by atoms with van der Waals surface area (Å²) >= 11 is 5.50. The first kappa shape index (κ1) is 18.2. The summed E-state index contributed by atoms with van der Waals surface area (Å²) in [6.45, 7) is 1.24. The van der Waals surface area contributed by atoms with Crippen molar-refractivity contribution in [1.29, 1.82) is 0 Å². The maximum atomic E-state index is 12.4. The van der Waals surface area contributed by atoms with Crippen molar-refractivity contribution >= 4 is 28.9 Å². The number of amides is 1. The van der Waals surface area contributed by atoms with E-state index >= 15 is 0 Å². The molecule has 1 heterocycles. The van der Waals surface area contributed by atoms with Crippen LogP contribution in [-0.2, 0) is 13.0 Å². The maximum absolute atomic E-state index is 12.4. The number of hydrogen-bond acceptors (Lipinski definition) is 3. The summed E-state index contributed by atoms with van der Waals surface area (Å²) in [6, 6.07) is 25.1. The predicted octanol–water partition coefficient (Wildman–Crippen LogP) is 4.34. The van der Waals surface area contributed by atoms with Gasteiger partial charge in [-0.05, 0) is 48.5 Å². The molecule has 0 bridgehead atoms. The van der Waals surface area contributed by atoms with Crippen molar-refractivity contribution in [3.8, 4) is 5.75 Å². The molecule has 3 aromatic rings. The number of hydrogen-bond donors (Lipinski definition) is 1. The Bertz CT molecular complexity index is 990. The van der Waals surface area contributed by atoms with Gasteiger partial charge in [-0.1, -0.05) is 54.6 Å². The molecule has 3 aromatic carbocycles. The standard InChI is InChI=1S/C23H20N2O2S/c26-22(18-10-5-2-6-11-18)24-23(28)25-15-14-19-20(25)12-7-13-21(19)27-16-17-8-3-1-4-9-17/h1-13H,14-16H2,(H,24,26,28). The molecule has 1 N–H and O–H groups in total. The Labute approximate surface area is 169 Å². The summed E-state index contributed by atoms with van der Waals surface area (Å²) in [6.07, 6.45) is 0.821. The molecule has 5 heteroatoms. The van der Waals surface area contributed by atoms with Gasteiger partial charge < -0.3 is 9.64 Å². The first-order valence-corrected chi connectivity index (χ1v) is 9.60. The number of nitrogens with one attached hydrogen (secondary N) is 1. The first-order valence-electron chi connectivity index (χ1n) is 9.19. The summed E-state index contributed by atoms with van der Waals surface area (Å²) in [5.41, 5.74) is 3.82. The maximum Gasteiger partial charge on any atom is 0.257 e. The highest BCUT2D eigenvalue weighted by Crippen LogP contribution is 2.35. The molecule has 1 aliphatic rings. The van der Waals surface area contributed by atoms with Gasteiger partial charge in [0.25, 0.3) is 5.91 Å². The van der Waals surface area contributed by atoms with Crippen LogP contribution in [0.25, 0.3) is 0 Å². The molecule has 0 atom stereocenters. The third kappa shape index (κ3) is 3.89. The van der Waals surface area contributed by atoms with Gasteiger partial charge in [0.15, 0.2) is 5.11 Å². The second-order valence-corrected chi connectivity index (χ2v) is 6.94. The highest BCUT2D eigenvalue weighted by molar-refractivity contribution is 7.80. The lowest BCUT2D eigenvalue weighted by Crippen LogP contribution is -2.41. The van der Waals surface area contributed by atoms with E-state index in [1.165, 1.54) is 0 Å². The molecule has 1 amide bonds. The average molecular weight is 388 g/mol. The van der Waals surface area contributed by atoms with Crippen LogP contribution < -0.4 is 15.0 Å². The monoisotopic (exact) mass is 388 g/mol. The lowest BCUT2D eigenvalue weighted by molar-refractivity contribution is 0.0977. The number of nitrogens with zero attached hydrogens (tertiary/aromatic N) is 1. The number of anilines is 1. The van der Waals surface area contributed by atoms with Crippen LogP contribution in [0.3, 0.4) is 0 Å². The van der Waals surface area contributed by atoms with Crippen molar-refractivity contribution in [2.45, 2.75) is 13.0 Å². The molecule has 0 saturated heterocycles. The van der Waals surface area contributed by atoms with Crippen molar-refractivity contribution in [1.82, 2.24) is 5.32 Å². The number of rotatable bonds is 4. The van der Waals surface area contributed by atoms with Crippen LogP contribution in [0.5, 0.6) is 5.75 Å². The molecule has 4 nitrogen and oxygen atoms in total. The average Bonchev–Trinajstić information content (AvgIpc) is 3.18. The number of carbonyl (C=O) groups is 1. The zero-order valence-corrected chi connectivity index (χ0v) is 16.1. The topological polar surface area (TPSA) is 41.6 Å². The minimum Gasteiger partial charge on any atom is -0.489 e. The van der Waals surface area contributed by atoms with Crippen LogP contribution in [0.4, 0.5) is 5.69 Å². The fraction of sp³-hybridized carbons (Fsp3) is 0.130. The van der Waals surface area contributed by atoms with E-state index in [9.17, 15) is 4.79 Å². The molecular weight excluding hydrogens is 368 g/mol. The molecule has 0 saturated carbocycles. The number of benzene rings is 3. The van der Waals surface area contributed by atoms with Gasteiger partial charge in [-0.3, -0.25) is 10.1 Å². The third-order valence-electron chi connectivity index (χ3n) is 4.72. The smallest absolute Gasteiger partial charge is 0.257 e. The van der Waals surface area contributed by atoms with Gasteiger partial charge in [0.2, 0.25) is 0 Å². The fourth-order valence-electron chi connectivity index (χ4n) is 3.31. The molecule has 28 heavy (non-hydrogen) atoms. The van der Waals surface area contributed by atoms with Gasteiger partial charge in [0.05, 0.1) is 5.69 Å². The Balaban J connectivity index is 1.47. The first-order chi connectivity index (χ1) is 13.7. The number of ether oxygens (including phenoxy) is 1. The molecule has 1 aliphatic heterocycles. The van der Waals surface area contributed by atoms with Gasteiger partial charge in [-0.25, -0.2) is 0 Å². The van der Waals surface area contributed by atoms with Crippen LogP contribution >= 0.6 is 12.2 Å². The third-order valence-corrected chi connectivity index (χ3v) is 5.05. The van der Waals surface area contributed by atoms with E-state index in [1.54, 1.807) is 12.1 Å². The molecule has 0 aliphatic carbocycles. The second kappa shape index (κ2) is 8.23. The number of fused-ring (bicyclic) bond motifs is 1. The van der Waals surface area contributed by atoms with E-state index in [0.717, 1.165) is 35.5 Å². The van der Waals surface area contributed by atoms with Gasteiger partial charge >= 0.3 is 0 Å². The van der Waals surface area contributed by atoms with Gasteiger partial charge in [0, 0.05) is 17.7 Å². The Hall–Kier alpha value is -3.18. The number of carbonyl (C=O) groups excluding carboxylic acids is 1. The molecule has 0 aromatic heterocycles. The van der Waals surface area contributed by atoms with Crippen LogP contribution in [-0.4, -0.2) is 17.6 Å². The Kier molecular flexibility index (Phi) is 5.35. The second-order valence-electron chi connectivity index (χ2n) is 6.56. The summed E-state index contributed by atoms with van der Waals surface area (Å²) in [5.74, 6) is 0.663. The van der Waals surface area contributed by atoms with Crippen molar-refractivity contribution in [3.63, 3.8) is 0 Å². The molecule has 4 rings (SSSR count). The molecule has 140 valence electrons. The van der Waals surface area contributed by atoms with Gasteiger partial charge in [-0.2, -0.15) is 0 Å². The van der Waals surface area contributed by atoms with Crippen LogP contribution in [0.15, 0.2) is 78.9 Å². The van der Waals surface area contributed by atoms with Gasteiger partial charge in [0.1, 0.15) is 12.4 Å². The van der Waals surface area contributed by atoms with E-state index in [0.29, 0.717) is 17.3 Å². The fourth-order valence-corrected chi connectivity index (χ4v) is 3.59. The highest BCUT2D eigenvalue weighted by atomic mass is 32.1. The van der Waals surface area contributed by atoms with Crippen molar-refractivity contribution in [2.75, 3.05) is 11.4 Å². The summed E-state index contributed by atoms with van der Waals surface area (Å²) in [5, 5.41) is 3.24. The van der Waals surface area contributed by atoms with Crippen molar-refractivity contribution in [2.24, 2.45) is 0 Å². The van der Waals surface area contributed by atoms with E-state index < -0.39 is 0 Å². The van der Waals surface area contributed by atoms with E-state index in [-0.39, 0.29) is 5.91 Å². The lowest BCUT2D eigenvalue weighted by Gasteiger charge is -2.21. The lowest BCUT2D eigenvalue weighted by atomic mass is 10.1. The zero-order valence-electron chi connectivity index (χ0n) is 15.3. The number of thiocarbonyl (C=S) groups is 1. The molecule has 0 unspecified atom stereocenters. The molecule has 0 spiro atoms. The van der Waals surface area contributed by atoms with E-state index in [2.05, 4.69) is 5.32 Å². The van der Waals surface area contributed by atoms with Crippen LogP contribution in [0.1, 0.15) is 21.5 Å². The SMILES string of the molecule is O=C(NC(=S)N1CCc2c(OCc3ccccc3)cccc21)c1ccccc1. The van der Waals surface area contributed by atoms with Crippen molar-refractivity contribution < 1.29 is 9.53 Å².